The lowest BCUT2D eigenvalue weighted by Crippen LogP contribution is -2.30. The molecule has 0 saturated carbocycles. The summed E-state index contributed by atoms with van der Waals surface area (Å²) in [7, 11) is 0. The summed E-state index contributed by atoms with van der Waals surface area (Å²) in [5, 5.41) is 0. The molecule has 0 bridgehead atoms. The molecule has 1 aromatic rings. The number of ether oxygens (including phenoxy) is 1. The summed E-state index contributed by atoms with van der Waals surface area (Å²) >= 11 is 0. The lowest BCUT2D eigenvalue weighted by molar-refractivity contribution is 0.0772. The summed E-state index contributed by atoms with van der Waals surface area (Å²) < 4.78 is 5.62. The zero-order chi connectivity index (χ0) is 14.4. The Hall–Kier alpha value is -1.77. The van der Waals surface area contributed by atoms with Crippen LogP contribution in [0.1, 0.15) is 35.3 Å². The normalized spacial score (nSPS) is 10.1. The van der Waals surface area contributed by atoms with Crippen LogP contribution in [-0.4, -0.2) is 30.5 Å². The van der Waals surface area contributed by atoms with E-state index in [4.69, 9.17) is 4.74 Å². The van der Waals surface area contributed by atoms with E-state index in [1.54, 1.807) is 6.08 Å². The smallest absolute Gasteiger partial charge is 0.253 e. The van der Waals surface area contributed by atoms with E-state index in [9.17, 15) is 4.79 Å². The summed E-state index contributed by atoms with van der Waals surface area (Å²) in [6, 6.07) is 3.79. The molecule has 0 radical (unpaired) electrons. The van der Waals surface area contributed by atoms with Gasteiger partial charge in [-0.25, -0.2) is 0 Å². The van der Waals surface area contributed by atoms with Crippen LogP contribution < -0.4 is 4.74 Å². The molecule has 1 aromatic carbocycles. The Morgan fingerprint density at radius 1 is 1.26 bits per heavy atom. The molecule has 3 heteroatoms. The highest BCUT2D eigenvalue weighted by atomic mass is 16.5. The number of hydrogen-bond donors (Lipinski definition) is 0. The van der Waals surface area contributed by atoms with Crippen LogP contribution in [0.4, 0.5) is 0 Å². The van der Waals surface area contributed by atoms with Gasteiger partial charge in [0.05, 0.1) is 0 Å². The first-order chi connectivity index (χ1) is 9.04. The van der Waals surface area contributed by atoms with Gasteiger partial charge in [-0.1, -0.05) is 12.7 Å². The maximum atomic E-state index is 12.3. The summed E-state index contributed by atoms with van der Waals surface area (Å²) in [6.07, 6.45) is 1.72. The topological polar surface area (TPSA) is 29.5 Å². The van der Waals surface area contributed by atoms with Gasteiger partial charge in [-0.2, -0.15) is 0 Å². The lowest BCUT2D eigenvalue weighted by atomic mass is 10.0. The van der Waals surface area contributed by atoms with Crippen LogP contribution in [0.5, 0.6) is 5.75 Å². The molecule has 0 aliphatic heterocycles. The molecular formula is C16H23NO2. The molecule has 0 N–H and O–H groups in total. The van der Waals surface area contributed by atoms with Gasteiger partial charge >= 0.3 is 0 Å². The van der Waals surface area contributed by atoms with Crippen molar-refractivity contribution in [2.75, 3.05) is 19.7 Å². The number of nitrogens with zero attached hydrogens (tertiary/aromatic N) is 1. The van der Waals surface area contributed by atoms with Gasteiger partial charge in [0.1, 0.15) is 12.4 Å². The number of aryl methyl sites for hydroxylation is 2. The Morgan fingerprint density at radius 2 is 1.79 bits per heavy atom. The largest absolute Gasteiger partial charge is 0.489 e. The van der Waals surface area contributed by atoms with Crippen molar-refractivity contribution in [2.45, 2.75) is 27.7 Å². The summed E-state index contributed by atoms with van der Waals surface area (Å²) in [4.78, 5) is 14.1. The van der Waals surface area contributed by atoms with E-state index in [-0.39, 0.29) is 5.91 Å². The average Bonchev–Trinajstić information content (AvgIpc) is 2.39. The van der Waals surface area contributed by atoms with Crippen LogP contribution in [0, 0.1) is 13.8 Å². The third-order valence-corrected chi connectivity index (χ3v) is 3.10. The Labute approximate surface area is 115 Å². The number of amides is 1. The Morgan fingerprint density at radius 3 is 2.21 bits per heavy atom. The van der Waals surface area contributed by atoms with Gasteiger partial charge in [-0.3, -0.25) is 4.79 Å². The number of benzene rings is 1. The minimum absolute atomic E-state index is 0.0754. The van der Waals surface area contributed by atoms with Gasteiger partial charge in [-0.05, 0) is 51.0 Å². The Balaban J connectivity index is 3.06. The van der Waals surface area contributed by atoms with Gasteiger partial charge in [0, 0.05) is 18.7 Å². The fraction of sp³-hybridized carbons (Fsp3) is 0.438. The predicted molar refractivity (Wildman–Crippen MR) is 78.9 cm³/mol. The molecule has 0 unspecified atom stereocenters. The SMILES string of the molecule is C=CCOc1c(C)cc(C(=O)N(CC)CC)cc1C. The molecule has 3 nitrogen and oxygen atoms in total. The van der Waals surface area contributed by atoms with Crippen LogP contribution in [0.3, 0.4) is 0 Å². The van der Waals surface area contributed by atoms with E-state index < -0.39 is 0 Å². The van der Waals surface area contributed by atoms with Crippen molar-refractivity contribution < 1.29 is 9.53 Å². The molecule has 0 fully saturated rings. The van der Waals surface area contributed by atoms with Gasteiger partial charge < -0.3 is 9.64 Å². The van der Waals surface area contributed by atoms with E-state index in [1.807, 2.05) is 44.7 Å². The van der Waals surface area contributed by atoms with Crippen LogP contribution in [0.25, 0.3) is 0 Å². The average molecular weight is 261 g/mol. The molecule has 0 aromatic heterocycles. The van der Waals surface area contributed by atoms with Crippen molar-refractivity contribution in [3.63, 3.8) is 0 Å². The highest BCUT2D eigenvalue weighted by molar-refractivity contribution is 5.95. The monoisotopic (exact) mass is 261 g/mol. The lowest BCUT2D eigenvalue weighted by Gasteiger charge is -2.20. The first-order valence-electron chi connectivity index (χ1n) is 6.69. The Kier molecular flexibility index (Phi) is 5.61. The molecule has 1 amide bonds. The van der Waals surface area contributed by atoms with Crippen molar-refractivity contribution in [1.29, 1.82) is 0 Å². The molecular weight excluding hydrogens is 238 g/mol. The number of rotatable bonds is 6. The minimum atomic E-state index is 0.0754. The second kappa shape index (κ2) is 6.98. The van der Waals surface area contributed by atoms with Crippen LogP contribution in [-0.2, 0) is 0 Å². The highest BCUT2D eigenvalue weighted by Crippen LogP contribution is 2.25. The molecule has 0 spiro atoms. The predicted octanol–water partition coefficient (Wildman–Crippen LogP) is 3.35. The van der Waals surface area contributed by atoms with Crippen molar-refractivity contribution in [3.8, 4) is 5.75 Å². The van der Waals surface area contributed by atoms with Crippen molar-refractivity contribution in [3.05, 3.63) is 41.5 Å². The van der Waals surface area contributed by atoms with Crippen LogP contribution in [0.15, 0.2) is 24.8 Å². The number of carbonyl (C=O) groups excluding carboxylic acids is 1. The third-order valence-electron chi connectivity index (χ3n) is 3.10. The summed E-state index contributed by atoms with van der Waals surface area (Å²) in [5.74, 6) is 0.919. The zero-order valence-corrected chi connectivity index (χ0v) is 12.3. The van der Waals surface area contributed by atoms with Gasteiger partial charge in [0.25, 0.3) is 5.91 Å². The fourth-order valence-electron chi connectivity index (χ4n) is 2.14. The second-order valence-electron chi connectivity index (χ2n) is 4.52. The molecule has 19 heavy (non-hydrogen) atoms. The Bertz CT molecular complexity index is 439. The second-order valence-corrected chi connectivity index (χ2v) is 4.52. The fourth-order valence-corrected chi connectivity index (χ4v) is 2.14. The summed E-state index contributed by atoms with van der Waals surface area (Å²) in [5.41, 5.74) is 2.69. The van der Waals surface area contributed by atoms with E-state index in [1.165, 1.54) is 0 Å². The molecule has 0 aliphatic rings. The van der Waals surface area contributed by atoms with Crippen molar-refractivity contribution in [1.82, 2.24) is 4.90 Å². The molecule has 0 atom stereocenters. The highest BCUT2D eigenvalue weighted by Gasteiger charge is 2.15. The van der Waals surface area contributed by atoms with E-state index in [0.717, 1.165) is 35.5 Å². The zero-order valence-electron chi connectivity index (χ0n) is 12.3. The summed E-state index contributed by atoms with van der Waals surface area (Å²) in [6.45, 7) is 13.5. The maximum absolute atomic E-state index is 12.3. The van der Waals surface area contributed by atoms with E-state index in [0.29, 0.717) is 6.61 Å². The van der Waals surface area contributed by atoms with Crippen molar-refractivity contribution in [2.24, 2.45) is 0 Å². The molecule has 104 valence electrons. The number of carbonyl (C=O) groups is 1. The third kappa shape index (κ3) is 3.60. The van der Waals surface area contributed by atoms with Gasteiger partial charge in [0.15, 0.2) is 0 Å². The molecule has 0 saturated heterocycles. The number of hydrogen-bond acceptors (Lipinski definition) is 2. The van der Waals surface area contributed by atoms with Crippen LogP contribution >= 0.6 is 0 Å². The minimum Gasteiger partial charge on any atom is -0.489 e. The quantitative estimate of drug-likeness (QED) is 0.735. The maximum Gasteiger partial charge on any atom is 0.253 e. The van der Waals surface area contributed by atoms with Crippen LogP contribution in [0.2, 0.25) is 0 Å². The molecule has 1 rings (SSSR count). The van der Waals surface area contributed by atoms with E-state index in [2.05, 4.69) is 6.58 Å². The van der Waals surface area contributed by atoms with Gasteiger partial charge in [0.2, 0.25) is 0 Å². The first kappa shape index (κ1) is 15.3. The standard InChI is InChI=1S/C16H23NO2/c1-6-9-19-15-12(4)10-14(11-13(15)5)16(18)17(7-2)8-3/h6,10-11H,1,7-9H2,2-5H3. The molecule has 0 aliphatic carbocycles. The van der Waals surface area contributed by atoms with Gasteiger partial charge in [-0.15, -0.1) is 0 Å². The van der Waals surface area contributed by atoms with E-state index >= 15 is 0 Å². The first-order valence-corrected chi connectivity index (χ1v) is 6.69. The molecule has 0 heterocycles. The van der Waals surface area contributed by atoms with Crippen molar-refractivity contribution >= 4 is 5.91 Å².